The van der Waals surface area contributed by atoms with Gasteiger partial charge in [-0.1, -0.05) is 69.2 Å². The van der Waals surface area contributed by atoms with Crippen LogP contribution in [0, 0.1) is 23.3 Å². The Morgan fingerprint density at radius 2 is 1.38 bits per heavy atom. The van der Waals surface area contributed by atoms with Crippen LogP contribution < -0.4 is 4.74 Å². The molecule has 0 atom stereocenters. The van der Waals surface area contributed by atoms with Crippen molar-refractivity contribution in [1.82, 2.24) is 0 Å². The van der Waals surface area contributed by atoms with Gasteiger partial charge < -0.3 is 14.2 Å². The summed E-state index contributed by atoms with van der Waals surface area (Å²) < 4.78 is 75.6. The van der Waals surface area contributed by atoms with E-state index in [1.54, 1.807) is 24.3 Å². The molecule has 1 saturated heterocycles. The fourth-order valence-corrected chi connectivity index (χ4v) is 4.34. The SMILES string of the molecule is C=CC1OCC(c2ccc(-c3ccc(-c4ccc(OCCCCCC)c(F)c4F)cc3)c(F)c2F)CO1. The lowest BCUT2D eigenvalue weighted by Crippen LogP contribution is -2.30. The molecule has 0 saturated carbocycles. The van der Waals surface area contributed by atoms with Crippen LogP contribution in [0.4, 0.5) is 17.6 Å². The van der Waals surface area contributed by atoms with Crippen molar-refractivity contribution >= 4 is 0 Å². The topological polar surface area (TPSA) is 27.7 Å². The highest BCUT2D eigenvalue weighted by Crippen LogP contribution is 2.34. The van der Waals surface area contributed by atoms with Gasteiger partial charge in [0, 0.05) is 17.0 Å². The summed E-state index contributed by atoms with van der Waals surface area (Å²) in [4.78, 5) is 0. The number of halogens is 4. The van der Waals surface area contributed by atoms with Crippen molar-refractivity contribution in [3.63, 3.8) is 0 Å². The Bertz CT molecular complexity index is 1220. The van der Waals surface area contributed by atoms with Crippen molar-refractivity contribution in [3.8, 4) is 28.0 Å². The van der Waals surface area contributed by atoms with Gasteiger partial charge in [0.2, 0.25) is 5.82 Å². The third-order valence-electron chi connectivity index (χ3n) is 6.48. The van der Waals surface area contributed by atoms with E-state index in [1.807, 2.05) is 0 Å². The van der Waals surface area contributed by atoms with Crippen molar-refractivity contribution < 1.29 is 31.8 Å². The van der Waals surface area contributed by atoms with Crippen molar-refractivity contribution in [3.05, 3.63) is 90.0 Å². The highest BCUT2D eigenvalue weighted by Gasteiger charge is 2.26. The van der Waals surface area contributed by atoms with Crippen LogP contribution in [0.3, 0.4) is 0 Å². The van der Waals surface area contributed by atoms with Crippen LogP contribution in [0.25, 0.3) is 22.3 Å². The summed E-state index contributed by atoms with van der Waals surface area (Å²) in [6.07, 6.45) is 4.83. The third kappa shape index (κ3) is 6.05. The smallest absolute Gasteiger partial charge is 0.201 e. The van der Waals surface area contributed by atoms with Crippen LogP contribution in [0.15, 0.2) is 61.2 Å². The van der Waals surface area contributed by atoms with Gasteiger partial charge in [0.15, 0.2) is 29.5 Å². The maximum absolute atomic E-state index is 15.0. The van der Waals surface area contributed by atoms with Crippen LogP contribution in [-0.2, 0) is 9.47 Å². The second-order valence-corrected chi connectivity index (χ2v) is 9.02. The summed E-state index contributed by atoms with van der Waals surface area (Å²) in [6.45, 7) is 6.37. The van der Waals surface area contributed by atoms with Crippen LogP contribution >= 0.6 is 0 Å². The predicted molar refractivity (Wildman–Crippen MR) is 135 cm³/mol. The molecular formula is C30H30F4O3. The highest BCUT2D eigenvalue weighted by molar-refractivity contribution is 5.72. The number of hydrogen-bond donors (Lipinski definition) is 0. The summed E-state index contributed by atoms with van der Waals surface area (Å²) >= 11 is 0. The summed E-state index contributed by atoms with van der Waals surface area (Å²) in [7, 11) is 0. The van der Waals surface area contributed by atoms with Crippen LogP contribution in [0.2, 0.25) is 0 Å². The molecule has 3 nitrogen and oxygen atoms in total. The molecule has 1 aliphatic rings. The maximum Gasteiger partial charge on any atom is 0.201 e. The molecule has 1 fully saturated rings. The molecule has 37 heavy (non-hydrogen) atoms. The van der Waals surface area contributed by atoms with Gasteiger partial charge in [-0.05, 0) is 41.3 Å². The van der Waals surface area contributed by atoms with Gasteiger partial charge in [0.05, 0.1) is 19.8 Å². The lowest BCUT2D eigenvalue weighted by Gasteiger charge is -2.28. The molecule has 1 heterocycles. The quantitative estimate of drug-likeness (QED) is 0.155. The Morgan fingerprint density at radius 3 is 1.97 bits per heavy atom. The van der Waals surface area contributed by atoms with E-state index in [9.17, 15) is 13.2 Å². The van der Waals surface area contributed by atoms with E-state index in [-0.39, 0.29) is 35.7 Å². The second-order valence-electron chi connectivity index (χ2n) is 9.02. The third-order valence-corrected chi connectivity index (χ3v) is 6.48. The molecule has 196 valence electrons. The predicted octanol–water partition coefficient (Wildman–Crippen LogP) is 8.18. The average molecular weight is 515 g/mol. The Morgan fingerprint density at radius 1 is 0.784 bits per heavy atom. The standard InChI is InChI=1S/C30H30F4O3/c1-3-5-6-7-16-35-25-15-14-23(29(33)30(25)34)20-10-8-19(9-11-20)22-12-13-24(28(32)27(22)31)21-17-36-26(4-2)37-18-21/h4,8-15,21,26H,2-3,5-7,16-18H2,1H3. The molecule has 1 aliphatic heterocycles. The molecule has 7 heteroatoms. The molecule has 0 amide bonds. The fourth-order valence-electron chi connectivity index (χ4n) is 4.34. The van der Waals surface area contributed by atoms with E-state index in [0.717, 1.165) is 25.7 Å². The molecule has 0 aromatic heterocycles. The first-order chi connectivity index (χ1) is 17.9. The first kappa shape index (κ1) is 26.9. The van der Waals surface area contributed by atoms with E-state index >= 15 is 4.39 Å². The first-order valence-corrected chi connectivity index (χ1v) is 12.5. The minimum absolute atomic E-state index is 0.0551. The molecule has 0 bridgehead atoms. The molecule has 0 unspecified atom stereocenters. The largest absolute Gasteiger partial charge is 0.490 e. The van der Waals surface area contributed by atoms with Crippen molar-refractivity contribution in [2.45, 2.75) is 44.8 Å². The monoisotopic (exact) mass is 514 g/mol. The number of hydrogen-bond acceptors (Lipinski definition) is 3. The minimum atomic E-state index is -1.05. The summed E-state index contributed by atoms with van der Waals surface area (Å²) in [5.74, 6) is -4.58. The summed E-state index contributed by atoms with van der Waals surface area (Å²) in [5.41, 5.74) is 1.10. The molecule has 4 rings (SSSR count). The molecular weight excluding hydrogens is 484 g/mol. The lowest BCUT2D eigenvalue weighted by molar-refractivity contribution is -0.159. The van der Waals surface area contributed by atoms with Crippen molar-refractivity contribution in [2.75, 3.05) is 19.8 Å². The Balaban J connectivity index is 1.49. The van der Waals surface area contributed by atoms with Crippen LogP contribution in [0.1, 0.15) is 44.1 Å². The zero-order valence-corrected chi connectivity index (χ0v) is 20.7. The molecule has 0 N–H and O–H groups in total. The zero-order chi connectivity index (χ0) is 26.4. The minimum Gasteiger partial charge on any atom is -0.490 e. The van der Waals surface area contributed by atoms with E-state index in [4.69, 9.17) is 14.2 Å². The highest BCUT2D eigenvalue weighted by atomic mass is 19.2. The van der Waals surface area contributed by atoms with E-state index in [2.05, 4.69) is 13.5 Å². The molecule has 0 spiro atoms. The number of rotatable bonds is 10. The van der Waals surface area contributed by atoms with Gasteiger partial charge in [-0.15, -0.1) is 0 Å². The lowest BCUT2D eigenvalue weighted by atomic mass is 9.94. The average Bonchev–Trinajstić information content (AvgIpc) is 2.93. The Kier molecular flexibility index (Phi) is 9.00. The number of benzene rings is 3. The first-order valence-electron chi connectivity index (χ1n) is 12.5. The summed E-state index contributed by atoms with van der Waals surface area (Å²) in [5, 5.41) is 0. The van der Waals surface area contributed by atoms with Gasteiger partial charge in [-0.25, -0.2) is 13.2 Å². The maximum atomic E-state index is 15.0. The Hall–Kier alpha value is -3.16. The zero-order valence-electron chi connectivity index (χ0n) is 20.7. The van der Waals surface area contributed by atoms with Gasteiger partial charge in [0.1, 0.15) is 0 Å². The molecule has 0 aliphatic carbocycles. The van der Waals surface area contributed by atoms with Crippen molar-refractivity contribution in [2.24, 2.45) is 0 Å². The molecule has 3 aromatic carbocycles. The number of ether oxygens (including phenoxy) is 3. The van der Waals surface area contributed by atoms with Gasteiger partial charge >= 0.3 is 0 Å². The van der Waals surface area contributed by atoms with E-state index < -0.39 is 35.5 Å². The second kappa shape index (κ2) is 12.4. The molecule has 0 radical (unpaired) electrons. The fraction of sp³-hybridized carbons (Fsp3) is 0.333. The normalized spacial score (nSPS) is 17.5. The van der Waals surface area contributed by atoms with Gasteiger partial charge in [-0.3, -0.25) is 0 Å². The van der Waals surface area contributed by atoms with Crippen molar-refractivity contribution in [1.29, 1.82) is 0 Å². The van der Waals surface area contributed by atoms with E-state index in [0.29, 0.717) is 17.7 Å². The van der Waals surface area contributed by atoms with E-state index in [1.165, 1.54) is 30.3 Å². The van der Waals surface area contributed by atoms with Crippen LogP contribution in [-0.4, -0.2) is 26.1 Å². The van der Waals surface area contributed by atoms with Gasteiger partial charge in [0.25, 0.3) is 0 Å². The summed E-state index contributed by atoms with van der Waals surface area (Å²) in [6, 6.07) is 12.1. The van der Waals surface area contributed by atoms with Crippen LogP contribution in [0.5, 0.6) is 5.75 Å². The number of unbranched alkanes of at least 4 members (excludes halogenated alkanes) is 3. The van der Waals surface area contributed by atoms with Gasteiger partial charge in [-0.2, -0.15) is 4.39 Å². The molecule has 3 aromatic rings. The Labute approximate surface area is 214 Å².